The first-order valence-electron chi connectivity index (χ1n) is 7.05. The van der Waals surface area contributed by atoms with Gasteiger partial charge in [-0.15, -0.1) is 0 Å². The monoisotopic (exact) mass is 258 g/mol. The molecule has 4 heteroatoms. The normalized spacial score (nSPS) is 38.0. The van der Waals surface area contributed by atoms with Gasteiger partial charge in [0.05, 0.1) is 16.9 Å². The summed E-state index contributed by atoms with van der Waals surface area (Å²) in [6.45, 7) is 0. The van der Waals surface area contributed by atoms with E-state index in [1.807, 2.05) is 6.07 Å². The average molecular weight is 258 g/mol. The maximum absolute atomic E-state index is 11.1. The summed E-state index contributed by atoms with van der Waals surface area (Å²) in [6.07, 6.45) is 4.18. The molecular weight excluding hydrogens is 240 g/mol. The van der Waals surface area contributed by atoms with E-state index < -0.39 is 5.97 Å². The predicted molar refractivity (Wildman–Crippen MR) is 73.0 cm³/mol. The Hall–Kier alpha value is -1.71. The van der Waals surface area contributed by atoms with Gasteiger partial charge in [-0.25, -0.2) is 4.79 Å². The van der Waals surface area contributed by atoms with Crippen molar-refractivity contribution < 1.29 is 9.90 Å². The molecule has 4 atom stereocenters. The smallest absolute Gasteiger partial charge is 0.337 e. The summed E-state index contributed by atoms with van der Waals surface area (Å²) in [4.78, 5) is 11.1. The van der Waals surface area contributed by atoms with E-state index in [1.165, 1.54) is 19.3 Å². The molecule has 1 aromatic carbocycles. The van der Waals surface area contributed by atoms with Crippen LogP contribution < -0.4 is 11.1 Å². The molecule has 0 aromatic heterocycles. The number of carboxylic acids is 1. The molecule has 0 saturated heterocycles. The highest BCUT2D eigenvalue weighted by molar-refractivity contribution is 5.97. The van der Waals surface area contributed by atoms with E-state index in [2.05, 4.69) is 5.32 Å². The lowest BCUT2D eigenvalue weighted by Gasteiger charge is -2.14. The molecule has 0 amide bonds. The van der Waals surface area contributed by atoms with Crippen molar-refractivity contribution in [2.24, 2.45) is 23.7 Å². The zero-order valence-corrected chi connectivity index (χ0v) is 10.7. The van der Waals surface area contributed by atoms with Crippen LogP contribution in [0.25, 0.3) is 0 Å². The van der Waals surface area contributed by atoms with E-state index in [0.29, 0.717) is 11.7 Å². The predicted octanol–water partition coefficient (Wildman–Crippen LogP) is 2.42. The third-order valence-electron chi connectivity index (χ3n) is 5.39. The van der Waals surface area contributed by atoms with Gasteiger partial charge in [-0.1, -0.05) is 6.07 Å². The minimum absolute atomic E-state index is 0.193. The number of benzene rings is 1. The Balaban J connectivity index is 1.56. The summed E-state index contributed by atoms with van der Waals surface area (Å²) in [5.41, 5.74) is 7.30. The van der Waals surface area contributed by atoms with Gasteiger partial charge in [0.1, 0.15) is 0 Å². The minimum atomic E-state index is -0.961. The Morgan fingerprint density at radius 1 is 1.26 bits per heavy atom. The molecule has 2 bridgehead atoms. The average Bonchev–Trinajstić information content (AvgIpc) is 2.79. The summed E-state index contributed by atoms with van der Waals surface area (Å²) >= 11 is 0. The van der Waals surface area contributed by atoms with E-state index in [1.54, 1.807) is 12.1 Å². The largest absolute Gasteiger partial charge is 0.478 e. The molecule has 1 aromatic rings. The Labute approximate surface area is 112 Å². The quantitative estimate of drug-likeness (QED) is 0.728. The Morgan fingerprint density at radius 3 is 2.58 bits per heavy atom. The number of aromatic carboxylic acids is 1. The van der Waals surface area contributed by atoms with Crippen molar-refractivity contribution >= 4 is 17.3 Å². The van der Waals surface area contributed by atoms with Crippen molar-refractivity contribution in [2.75, 3.05) is 11.1 Å². The van der Waals surface area contributed by atoms with Gasteiger partial charge in [-0.3, -0.25) is 0 Å². The van der Waals surface area contributed by atoms with Crippen LogP contribution in [0, 0.1) is 23.7 Å². The number of rotatable bonds is 3. The number of fused-ring (bicyclic) bond motifs is 5. The molecule has 0 aliphatic heterocycles. The van der Waals surface area contributed by atoms with Gasteiger partial charge in [-0.05, 0) is 55.1 Å². The number of para-hydroxylation sites is 1. The molecule has 0 spiro atoms. The van der Waals surface area contributed by atoms with Gasteiger partial charge in [0.2, 0.25) is 0 Å². The van der Waals surface area contributed by atoms with Crippen molar-refractivity contribution in [3.63, 3.8) is 0 Å². The molecule has 4 nitrogen and oxygen atoms in total. The second-order valence-electron chi connectivity index (χ2n) is 6.23. The fourth-order valence-corrected chi connectivity index (χ4v) is 4.58. The van der Waals surface area contributed by atoms with Crippen LogP contribution in [0.4, 0.5) is 11.4 Å². The highest BCUT2D eigenvalue weighted by atomic mass is 16.4. The molecule has 3 aliphatic carbocycles. The lowest BCUT2D eigenvalue weighted by molar-refractivity contribution is 0.0698. The van der Waals surface area contributed by atoms with E-state index in [4.69, 9.17) is 10.8 Å². The summed E-state index contributed by atoms with van der Waals surface area (Å²) in [5.74, 6) is 2.46. The zero-order chi connectivity index (χ0) is 13.1. The lowest BCUT2D eigenvalue weighted by Crippen LogP contribution is -2.15. The molecular formula is C15H18N2O2. The number of nitrogens with two attached hydrogens (primary N) is 1. The van der Waals surface area contributed by atoms with E-state index >= 15 is 0 Å². The lowest BCUT2D eigenvalue weighted by atomic mass is 10.0. The summed E-state index contributed by atoms with van der Waals surface area (Å²) < 4.78 is 0. The molecule has 3 aliphatic rings. The number of carbonyl (C=O) groups is 1. The molecule has 3 saturated carbocycles. The highest BCUT2D eigenvalue weighted by Gasteiger charge is 2.65. The summed E-state index contributed by atoms with van der Waals surface area (Å²) in [5, 5.41) is 12.6. The molecule has 4 rings (SSSR count). The maximum Gasteiger partial charge on any atom is 0.337 e. The third-order valence-corrected chi connectivity index (χ3v) is 5.39. The van der Waals surface area contributed by atoms with Crippen molar-refractivity contribution in [1.29, 1.82) is 0 Å². The zero-order valence-electron chi connectivity index (χ0n) is 10.7. The van der Waals surface area contributed by atoms with Crippen molar-refractivity contribution in [2.45, 2.75) is 25.3 Å². The fraction of sp³-hybridized carbons (Fsp3) is 0.533. The first kappa shape index (κ1) is 11.1. The van der Waals surface area contributed by atoms with Gasteiger partial charge in [0.25, 0.3) is 0 Å². The number of hydrogen-bond donors (Lipinski definition) is 3. The Morgan fingerprint density at radius 2 is 1.95 bits per heavy atom. The minimum Gasteiger partial charge on any atom is -0.478 e. The number of nitrogen functional groups attached to an aromatic ring is 1. The molecule has 0 radical (unpaired) electrons. The molecule has 4 unspecified atom stereocenters. The molecule has 4 N–H and O–H groups in total. The van der Waals surface area contributed by atoms with Crippen molar-refractivity contribution in [3.8, 4) is 0 Å². The van der Waals surface area contributed by atoms with E-state index in [9.17, 15) is 4.79 Å². The standard InChI is InChI=1S/C15H18N2O2/c16-13-9(15(18)19)2-1-3-10(13)17-14-11-7-4-5-8(6-7)12(11)14/h1-3,7-8,11-12,14,17H,4-6,16H2,(H,18,19). The SMILES string of the molecule is Nc1c(NC2C3C4CCC(C4)C23)cccc1C(=O)O. The maximum atomic E-state index is 11.1. The Bertz CT molecular complexity index is 541. The molecule has 100 valence electrons. The van der Waals surface area contributed by atoms with Gasteiger partial charge >= 0.3 is 5.97 Å². The summed E-state index contributed by atoms with van der Waals surface area (Å²) in [7, 11) is 0. The van der Waals surface area contributed by atoms with Gasteiger partial charge in [0, 0.05) is 6.04 Å². The van der Waals surface area contributed by atoms with E-state index in [-0.39, 0.29) is 5.56 Å². The third kappa shape index (κ3) is 1.49. The molecule has 3 fully saturated rings. The number of hydrogen-bond acceptors (Lipinski definition) is 3. The second-order valence-corrected chi connectivity index (χ2v) is 6.23. The second kappa shape index (κ2) is 3.65. The fourth-order valence-electron chi connectivity index (χ4n) is 4.58. The first-order valence-corrected chi connectivity index (χ1v) is 7.05. The Kier molecular flexibility index (Phi) is 2.14. The number of carboxylic acid groups (broad SMARTS) is 1. The van der Waals surface area contributed by atoms with Crippen LogP contribution in [0.2, 0.25) is 0 Å². The molecule has 19 heavy (non-hydrogen) atoms. The van der Waals surface area contributed by atoms with Crippen LogP contribution in [0.5, 0.6) is 0 Å². The first-order chi connectivity index (χ1) is 9.16. The van der Waals surface area contributed by atoms with Gasteiger partial charge in [0.15, 0.2) is 0 Å². The van der Waals surface area contributed by atoms with Crippen LogP contribution in [-0.4, -0.2) is 17.1 Å². The van der Waals surface area contributed by atoms with Crippen LogP contribution in [0.1, 0.15) is 29.6 Å². The summed E-state index contributed by atoms with van der Waals surface area (Å²) in [6, 6.07) is 5.73. The van der Waals surface area contributed by atoms with Gasteiger partial charge in [-0.2, -0.15) is 0 Å². The van der Waals surface area contributed by atoms with Crippen LogP contribution in [0.3, 0.4) is 0 Å². The number of nitrogens with one attached hydrogen (secondary N) is 1. The van der Waals surface area contributed by atoms with Crippen LogP contribution in [-0.2, 0) is 0 Å². The van der Waals surface area contributed by atoms with Gasteiger partial charge < -0.3 is 16.2 Å². The molecule has 0 heterocycles. The topological polar surface area (TPSA) is 75.3 Å². The number of anilines is 2. The van der Waals surface area contributed by atoms with Crippen LogP contribution >= 0.6 is 0 Å². The van der Waals surface area contributed by atoms with Crippen molar-refractivity contribution in [1.82, 2.24) is 0 Å². The highest BCUT2D eigenvalue weighted by Crippen LogP contribution is 2.66. The van der Waals surface area contributed by atoms with Crippen LogP contribution in [0.15, 0.2) is 18.2 Å². The van der Waals surface area contributed by atoms with E-state index in [0.717, 1.165) is 29.4 Å². The van der Waals surface area contributed by atoms with Crippen molar-refractivity contribution in [3.05, 3.63) is 23.8 Å².